The van der Waals surface area contributed by atoms with Crippen LogP contribution in [0.1, 0.15) is 30.1 Å². The molecular weight excluding hydrogens is 372 g/mol. The van der Waals surface area contributed by atoms with Gasteiger partial charge in [-0.1, -0.05) is 34.5 Å². The van der Waals surface area contributed by atoms with Crippen LogP contribution in [0, 0.1) is 0 Å². The number of benzene rings is 1. The zero-order valence-electron chi connectivity index (χ0n) is 12.2. The highest BCUT2D eigenvalue weighted by atomic mass is 79.9. The van der Waals surface area contributed by atoms with Crippen LogP contribution in [0.5, 0.6) is 0 Å². The molecule has 2 N–H and O–H groups in total. The molecule has 0 aliphatic heterocycles. The van der Waals surface area contributed by atoms with Crippen LogP contribution in [0.25, 0.3) is 0 Å². The Hall–Kier alpha value is -1.11. The van der Waals surface area contributed by atoms with Crippen LogP contribution in [0.15, 0.2) is 22.7 Å². The minimum absolute atomic E-state index is 0.0420. The molecule has 0 spiro atoms. The second kappa shape index (κ2) is 7.44. The summed E-state index contributed by atoms with van der Waals surface area (Å²) in [6.07, 6.45) is 1.53. The molecule has 7 heteroatoms. The Kier molecular flexibility index (Phi) is 5.83. The molecule has 0 heterocycles. The van der Waals surface area contributed by atoms with Crippen molar-refractivity contribution in [3.05, 3.63) is 33.3 Å². The summed E-state index contributed by atoms with van der Waals surface area (Å²) in [6, 6.07) is 5.43. The Morgan fingerprint density at radius 3 is 2.68 bits per heavy atom. The molecule has 0 unspecified atom stereocenters. The van der Waals surface area contributed by atoms with E-state index in [-0.39, 0.29) is 24.5 Å². The molecule has 1 aliphatic carbocycles. The minimum atomic E-state index is -0.823. The number of carbonyl (C=O) groups excluding carboxylic acids is 1. The number of carboxylic acid groups (broad SMARTS) is 1. The summed E-state index contributed by atoms with van der Waals surface area (Å²) < 4.78 is 0.824. The molecule has 120 valence electrons. The van der Waals surface area contributed by atoms with E-state index in [2.05, 4.69) is 21.2 Å². The van der Waals surface area contributed by atoms with Crippen molar-refractivity contribution >= 4 is 39.4 Å². The molecule has 1 amide bonds. The van der Waals surface area contributed by atoms with Gasteiger partial charge in [-0.05, 0) is 37.6 Å². The molecule has 22 heavy (non-hydrogen) atoms. The lowest BCUT2D eigenvalue weighted by Crippen LogP contribution is -2.54. The summed E-state index contributed by atoms with van der Waals surface area (Å²) >= 11 is 9.37. The summed E-state index contributed by atoms with van der Waals surface area (Å²) in [5.41, 5.74) is 0.450. The summed E-state index contributed by atoms with van der Waals surface area (Å²) in [5.74, 6) is -1.02. The van der Waals surface area contributed by atoms with Gasteiger partial charge in [-0.2, -0.15) is 0 Å². The molecule has 1 aromatic rings. The Morgan fingerprint density at radius 2 is 2.14 bits per heavy atom. The molecule has 1 fully saturated rings. The van der Waals surface area contributed by atoms with Gasteiger partial charge in [-0.3, -0.25) is 14.5 Å². The Morgan fingerprint density at radius 1 is 1.45 bits per heavy atom. The number of carboxylic acids is 1. The van der Waals surface area contributed by atoms with Crippen molar-refractivity contribution in [3.8, 4) is 0 Å². The average Bonchev–Trinajstić information content (AvgIpc) is 2.39. The maximum atomic E-state index is 12.2. The van der Waals surface area contributed by atoms with Crippen molar-refractivity contribution in [3.63, 3.8) is 0 Å². The van der Waals surface area contributed by atoms with Gasteiger partial charge in [-0.25, -0.2) is 0 Å². The molecule has 2 rings (SSSR count). The smallest absolute Gasteiger partial charge is 0.317 e. The first kappa shape index (κ1) is 17.2. The van der Waals surface area contributed by atoms with Crippen molar-refractivity contribution in [2.75, 3.05) is 13.1 Å². The number of likely N-dealkylation sites (N-methyl/N-ethyl adjacent to an activating group) is 1. The van der Waals surface area contributed by atoms with Crippen LogP contribution in [0.3, 0.4) is 0 Å². The highest BCUT2D eigenvalue weighted by molar-refractivity contribution is 9.10. The molecule has 0 saturated heterocycles. The zero-order valence-corrected chi connectivity index (χ0v) is 14.5. The number of carbonyl (C=O) groups is 2. The first-order valence-electron chi connectivity index (χ1n) is 7.12. The molecule has 1 aromatic carbocycles. The molecular formula is C15H18BrClN2O3. The van der Waals surface area contributed by atoms with Crippen molar-refractivity contribution in [1.82, 2.24) is 10.2 Å². The van der Waals surface area contributed by atoms with Crippen LogP contribution in [0.4, 0.5) is 0 Å². The van der Waals surface area contributed by atoms with E-state index in [1.807, 2.05) is 11.8 Å². The number of nitrogens with zero attached hydrogens (tertiary/aromatic N) is 1. The van der Waals surface area contributed by atoms with Gasteiger partial charge < -0.3 is 10.4 Å². The van der Waals surface area contributed by atoms with E-state index in [4.69, 9.17) is 16.7 Å². The number of hydrogen-bond acceptors (Lipinski definition) is 3. The van der Waals surface area contributed by atoms with E-state index >= 15 is 0 Å². The summed E-state index contributed by atoms with van der Waals surface area (Å²) in [7, 11) is 0. The zero-order chi connectivity index (χ0) is 16.3. The van der Waals surface area contributed by atoms with Crippen LogP contribution in [0.2, 0.25) is 5.02 Å². The number of halogens is 2. The number of amides is 1. The van der Waals surface area contributed by atoms with Gasteiger partial charge >= 0.3 is 5.97 Å². The summed E-state index contributed by atoms with van der Waals surface area (Å²) in [5, 5.41) is 12.2. The third kappa shape index (κ3) is 4.21. The van der Waals surface area contributed by atoms with Crippen molar-refractivity contribution in [2.45, 2.75) is 31.8 Å². The predicted octanol–water partition coefficient (Wildman–Crippen LogP) is 2.77. The second-order valence-corrected chi connectivity index (χ2v) is 6.70. The van der Waals surface area contributed by atoms with E-state index in [0.29, 0.717) is 17.1 Å². The fourth-order valence-corrected chi connectivity index (χ4v) is 3.37. The number of hydrogen-bond donors (Lipinski definition) is 2. The summed E-state index contributed by atoms with van der Waals surface area (Å²) in [6.45, 7) is 2.67. The standard InChI is InChI=1S/C15H18BrClN2O3/c1-2-19(8-14(20)21)11-6-10(7-11)18-15(22)12-4-3-9(16)5-13(12)17/h3-5,10-11H,2,6-8H2,1H3,(H,18,22)(H,20,21). The molecule has 5 nitrogen and oxygen atoms in total. The van der Waals surface area contributed by atoms with E-state index in [1.54, 1.807) is 18.2 Å². The van der Waals surface area contributed by atoms with Crippen LogP contribution in [-0.2, 0) is 4.79 Å². The van der Waals surface area contributed by atoms with Gasteiger partial charge in [0.2, 0.25) is 0 Å². The third-order valence-corrected chi connectivity index (χ3v) is 4.69. The fraction of sp³-hybridized carbons (Fsp3) is 0.467. The maximum Gasteiger partial charge on any atom is 0.317 e. The quantitative estimate of drug-likeness (QED) is 0.785. The Labute approximate surface area is 142 Å². The van der Waals surface area contributed by atoms with Gasteiger partial charge in [0.15, 0.2) is 0 Å². The lowest BCUT2D eigenvalue weighted by atomic mass is 9.85. The minimum Gasteiger partial charge on any atom is -0.480 e. The van der Waals surface area contributed by atoms with E-state index in [9.17, 15) is 9.59 Å². The van der Waals surface area contributed by atoms with Gasteiger partial charge in [0.1, 0.15) is 0 Å². The lowest BCUT2D eigenvalue weighted by Gasteiger charge is -2.42. The highest BCUT2D eigenvalue weighted by Gasteiger charge is 2.34. The first-order chi connectivity index (χ1) is 10.4. The van der Waals surface area contributed by atoms with Crippen molar-refractivity contribution in [1.29, 1.82) is 0 Å². The normalized spacial score (nSPS) is 20.5. The van der Waals surface area contributed by atoms with Gasteiger partial charge in [-0.15, -0.1) is 0 Å². The Balaban J connectivity index is 1.86. The van der Waals surface area contributed by atoms with Crippen LogP contribution in [-0.4, -0.2) is 47.1 Å². The van der Waals surface area contributed by atoms with E-state index < -0.39 is 5.97 Å². The topological polar surface area (TPSA) is 69.6 Å². The van der Waals surface area contributed by atoms with Gasteiger partial charge in [0, 0.05) is 16.6 Å². The Bertz CT molecular complexity index is 576. The SMILES string of the molecule is CCN(CC(=O)O)C1CC(NC(=O)c2ccc(Br)cc2Cl)C1. The molecule has 1 saturated carbocycles. The molecule has 0 atom stereocenters. The number of nitrogens with one attached hydrogen (secondary N) is 1. The number of rotatable bonds is 6. The average molecular weight is 390 g/mol. The monoisotopic (exact) mass is 388 g/mol. The largest absolute Gasteiger partial charge is 0.480 e. The van der Waals surface area contributed by atoms with E-state index in [0.717, 1.165) is 17.3 Å². The molecule has 0 bridgehead atoms. The predicted molar refractivity (Wildman–Crippen MR) is 88.3 cm³/mol. The van der Waals surface area contributed by atoms with Crippen LogP contribution < -0.4 is 5.32 Å². The van der Waals surface area contributed by atoms with Gasteiger partial charge in [0.25, 0.3) is 5.91 Å². The maximum absolute atomic E-state index is 12.2. The van der Waals surface area contributed by atoms with Gasteiger partial charge in [0.05, 0.1) is 17.1 Å². The van der Waals surface area contributed by atoms with E-state index in [1.165, 1.54) is 0 Å². The highest BCUT2D eigenvalue weighted by Crippen LogP contribution is 2.27. The molecule has 1 aliphatic rings. The fourth-order valence-electron chi connectivity index (χ4n) is 2.61. The van der Waals surface area contributed by atoms with Crippen molar-refractivity contribution in [2.24, 2.45) is 0 Å². The number of aliphatic carboxylic acids is 1. The third-order valence-electron chi connectivity index (χ3n) is 3.89. The first-order valence-corrected chi connectivity index (χ1v) is 8.29. The van der Waals surface area contributed by atoms with Crippen LogP contribution >= 0.6 is 27.5 Å². The summed E-state index contributed by atoms with van der Waals surface area (Å²) in [4.78, 5) is 24.9. The molecule has 0 aromatic heterocycles. The molecule has 0 radical (unpaired) electrons. The lowest BCUT2D eigenvalue weighted by molar-refractivity contribution is -0.139. The second-order valence-electron chi connectivity index (χ2n) is 5.38. The van der Waals surface area contributed by atoms with Crippen molar-refractivity contribution < 1.29 is 14.7 Å².